The van der Waals surface area contributed by atoms with Crippen LogP contribution in [0.15, 0.2) is 24.3 Å². The van der Waals surface area contributed by atoms with Gasteiger partial charge in [-0.05, 0) is 12.0 Å². The summed E-state index contributed by atoms with van der Waals surface area (Å²) < 4.78 is 5.42. The van der Waals surface area contributed by atoms with Gasteiger partial charge >= 0.3 is 6.09 Å². The van der Waals surface area contributed by atoms with Crippen LogP contribution in [-0.4, -0.2) is 24.1 Å². The topological polar surface area (TPSA) is 41.6 Å². The van der Waals surface area contributed by atoms with Crippen molar-refractivity contribution in [3.8, 4) is 0 Å². The molecule has 0 radical (unpaired) electrons. The first-order chi connectivity index (χ1) is 7.84. The first-order valence-electron chi connectivity index (χ1n) is 5.61. The minimum atomic E-state index is -0.274. The summed E-state index contributed by atoms with van der Waals surface area (Å²) in [6, 6.07) is 8.03. The van der Waals surface area contributed by atoms with Crippen LogP contribution in [0.25, 0.3) is 0 Å². The number of hydrogen-bond acceptors (Lipinski definition) is 3. The van der Waals surface area contributed by atoms with Crippen molar-refractivity contribution in [1.29, 1.82) is 0 Å². The van der Waals surface area contributed by atoms with Crippen molar-refractivity contribution in [2.45, 2.75) is 19.2 Å². The number of nitrogens with zero attached hydrogens (tertiary/aromatic N) is 1. The number of fused-ring (bicyclic) bond motifs is 1. The highest BCUT2D eigenvalue weighted by Crippen LogP contribution is 2.26. The second-order valence-electron chi connectivity index (χ2n) is 4.18. The minimum absolute atomic E-state index is 0.208. The molecular weight excluding hydrogens is 204 g/mol. The van der Waals surface area contributed by atoms with E-state index in [1.807, 2.05) is 18.2 Å². The summed E-state index contributed by atoms with van der Waals surface area (Å²) in [7, 11) is 0. The number of carbonyl (C=O) groups is 1. The molecule has 1 saturated heterocycles. The maximum absolute atomic E-state index is 11.7. The van der Waals surface area contributed by atoms with E-state index in [2.05, 4.69) is 11.4 Å². The zero-order chi connectivity index (χ0) is 11.0. The fraction of sp³-hybridized carbons (Fsp3) is 0.417. The third kappa shape index (κ3) is 1.55. The molecule has 2 heterocycles. The Balaban J connectivity index is 1.70. The highest BCUT2D eigenvalue weighted by molar-refractivity contribution is 5.69. The molecule has 16 heavy (non-hydrogen) atoms. The molecule has 84 valence electrons. The quantitative estimate of drug-likeness (QED) is 0.779. The third-order valence-electron chi connectivity index (χ3n) is 3.15. The fourth-order valence-electron chi connectivity index (χ4n) is 2.04. The summed E-state index contributed by atoms with van der Waals surface area (Å²) in [6.07, 6.45) is 0.605. The molecule has 1 aromatic carbocycles. The molecule has 2 aliphatic rings. The number of nitrogens with one attached hydrogen (secondary N) is 1. The van der Waals surface area contributed by atoms with E-state index >= 15 is 0 Å². The smallest absolute Gasteiger partial charge is 0.411 e. The van der Waals surface area contributed by atoms with Crippen molar-refractivity contribution < 1.29 is 9.53 Å². The van der Waals surface area contributed by atoms with Crippen molar-refractivity contribution in [1.82, 2.24) is 10.2 Å². The lowest BCUT2D eigenvalue weighted by Gasteiger charge is -2.31. The van der Waals surface area contributed by atoms with E-state index in [9.17, 15) is 4.79 Å². The first-order valence-corrected chi connectivity index (χ1v) is 5.61. The van der Waals surface area contributed by atoms with Crippen molar-refractivity contribution in [3.63, 3.8) is 0 Å². The van der Waals surface area contributed by atoms with Gasteiger partial charge in [0, 0.05) is 25.2 Å². The maximum Gasteiger partial charge on any atom is 0.411 e. The molecule has 0 aliphatic carbocycles. The Morgan fingerprint density at radius 2 is 2.19 bits per heavy atom. The summed E-state index contributed by atoms with van der Waals surface area (Å²) in [5.74, 6) is 0. The lowest BCUT2D eigenvalue weighted by molar-refractivity contribution is 0.0367. The van der Waals surface area contributed by atoms with Crippen molar-refractivity contribution in [2.75, 3.05) is 13.1 Å². The van der Waals surface area contributed by atoms with Crippen LogP contribution in [0.5, 0.6) is 0 Å². The van der Waals surface area contributed by atoms with Crippen LogP contribution in [0.4, 0.5) is 4.79 Å². The predicted octanol–water partition coefficient (Wildman–Crippen LogP) is 1.63. The normalized spacial score (nSPS) is 22.5. The lowest BCUT2D eigenvalue weighted by atomic mass is 10.1. The van der Waals surface area contributed by atoms with E-state index < -0.39 is 0 Å². The fourth-order valence-corrected chi connectivity index (χ4v) is 2.04. The minimum Gasteiger partial charge on any atom is -0.426 e. The molecule has 0 bridgehead atoms. The number of amides is 1. The van der Waals surface area contributed by atoms with Crippen LogP contribution in [-0.2, 0) is 11.3 Å². The summed E-state index contributed by atoms with van der Waals surface area (Å²) in [6.45, 7) is 2.43. The zero-order valence-corrected chi connectivity index (χ0v) is 8.98. The molecule has 2 aliphatic heterocycles. The monoisotopic (exact) mass is 218 g/mol. The van der Waals surface area contributed by atoms with Crippen LogP contribution in [0.3, 0.4) is 0 Å². The van der Waals surface area contributed by atoms with Gasteiger partial charge in [0.15, 0.2) is 6.23 Å². The third-order valence-corrected chi connectivity index (χ3v) is 3.15. The molecule has 0 aromatic heterocycles. The Kier molecular flexibility index (Phi) is 2.29. The molecule has 1 aromatic rings. The van der Waals surface area contributed by atoms with Crippen molar-refractivity contribution in [3.05, 3.63) is 35.4 Å². The van der Waals surface area contributed by atoms with Gasteiger partial charge in [-0.3, -0.25) is 5.32 Å². The molecule has 1 N–H and O–H groups in total. The van der Waals surface area contributed by atoms with Gasteiger partial charge in [0.1, 0.15) is 0 Å². The molecule has 1 amide bonds. The second kappa shape index (κ2) is 3.79. The molecule has 4 heteroatoms. The molecule has 1 unspecified atom stereocenters. The molecule has 0 saturated carbocycles. The van der Waals surface area contributed by atoms with E-state index in [1.165, 1.54) is 5.56 Å². The highest BCUT2D eigenvalue weighted by Gasteiger charge is 2.28. The zero-order valence-electron chi connectivity index (χ0n) is 8.98. The average molecular weight is 218 g/mol. The van der Waals surface area contributed by atoms with Gasteiger partial charge in [0.25, 0.3) is 0 Å². The van der Waals surface area contributed by atoms with Gasteiger partial charge in [-0.25, -0.2) is 4.79 Å². The van der Waals surface area contributed by atoms with Gasteiger partial charge < -0.3 is 9.64 Å². The Labute approximate surface area is 94.2 Å². The van der Waals surface area contributed by atoms with Gasteiger partial charge in [0.05, 0.1) is 0 Å². The van der Waals surface area contributed by atoms with Crippen LogP contribution < -0.4 is 5.32 Å². The molecule has 0 spiro atoms. The molecule has 3 rings (SSSR count). The second-order valence-corrected chi connectivity index (χ2v) is 4.18. The number of likely N-dealkylation sites (tertiary alicyclic amines) is 1. The van der Waals surface area contributed by atoms with E-state index in [1.54, 1.807) is 4.90 Å². The van der Waals surface area contributed by atoms with Crippen LogP contribution in [0, 0.1) is 0 Å². The SMILES string of the molecule is O=C(OC1NCc2ccccc21)N1CCC1. The van der Waals surface area contributed by atoms with E-state index in [0.717, 1.165) is 31.6 Å². The van der Waals surface area contributed by atoms with Gasteiger partial charge in [-0.2, -0.15) is 0 Å². The molecule has 1 fully saturated rings. The number of carbonyl (C=O) groups excluding carboxylic acids is 1. The molecule has 1 atom stereocenters. The summed E-state index contributed by atoms with van der Waals surface area (Å²) in [4.78, 5) is 13.4. The molecule has 4 nitrogen and oxygen atoms in total. The maximum atomic E-state index is 11.7. The Morgan fingerprint density at radius 1 is 1.38 bits per heavy atom. The number of rotatable bonds is 1. The summed E-state index contributed by atoms with van der Waals surface area (Å²) >= 11 is 0. The van der Waals surface area contributed by atoms with Gasteiger partial charge in [0.2, 0.25) is 0 Å². The standard InChI is InChI=1S/C12H14N2O2/c15-12(14-6-3-7-14)16-11-10-5-2-1-4-9(10)8-13-11/h1-2,4-5,11,13H,3,6-8H2. The Bertz CT molecular complexity index is 415. The summed E-state index contributed by atoms with van der Waals surface area (Å²) in [5, 5.41) is 3.19. The van der Waals surface area contributed by atoms with Crippen LogP contribution in [0.1, 0.15) is 23.8 Å². The highest BCUT2D eigenvalue weighted by atomic mass is 16.6. The Hall–Kier alpha value is -1.55. The first kappa shape index (κ1) is 9.66. The number of benzene rings is 1. The number of hydrogen-bond donors (Lipinski definition) is 1. The lowest BCUT2D eigenvalue weighted by Crippen LogP contribution is -2.43. The predicted molar refractivity (Wildman–Crippen MR) is 58.7 cm³/mol. The number of ether oxygens (including phenoxy) is 1. The largest absolute Gasteiger partial charge is 0.426 e. The van der Waals surface area contributed by atoms with Crippen molar-refractivity contribution in [2.24, 2.45) is 0 Å². The van der Waals surface area contributed by atoms with Gasteiger partial charge in [-0.15, -0.1) is 0 Å². The van der Waals surface area contributed by atoms with E-state index in [0.29, 0.717) is 0 Å². The van der Waals surface area contributed by atoms with E-state index in [4.69, 9.17) is 4.74 Å². The van der Waals surface area contributed by atoms with Gasteiger partial charge in [-0.1, -0.05) is 24.3 Å². The van der Waals surface area contributed by atoms with E-state index in [-0.39, 0.29) is 12.3 Å². The summed E-state index contributed by atoms with van der Waals surface area (Å²) in [5.41, 5.74) is 2.29. The van der Waals surface area contributed by atoms with Crippen LogP contribution >= 0.6 is 0 Å². The van der Waals surface area contributed by atoms with Crippen LogP contribution in [0.2, 0.25) is 0 Å². The Morgan fingerprint density at radius 3 is 2.94 bits per heavy atom. The van der Waals surface area contributed by atoms with Crippen molar-refractivity contribution >= 4 is 6.09 Å². The average Bonchev–Trinajstić information content (AvgIpc) is 2.59. The molecular formula is C12H14N2O2.